The summed E-state index contributed by atoms with van der Waals surface area (Å²) in [5, 5.41) is 6.67. The molecule has 1 saturated heterocycles. The first kappa shape index (κ1) is 14.6. The Hall–Kier alpha value is -2.97. The highest BCUT2D eigenvalue weighted by Gasteiger charge is 2.34. The highest BCUT2D eigenvalue weighted by atomic mass is 16.5. The smallest absolute Gasteiger partial charge is 0.286 e. The van der Waals surface area contributed by atoms with Gasteiger partial charge in [-0.2, -0.15) is 9.50 Å². The zero-order valence-corrected chi connectivity index (χ0v) is 13.3. The van der Waals surface area contributed by atoms with Crippen LogP contribution < -0.4 is 5.56 Å². The topological polar surface area (TPSA) is 109 Å². The first-order chi connectivity index (χ1) is 11.5. The van der Waals surface area contributed by atoms with Crippen LogP contribution in [-0.2, 0) is 0 Å². The van der Waals surface area contributed by atoms with Gasteiger partial charge in [0.25, 0.3) is 17.2 Å². The Morgan fingerprint density at radius 3 is 3.00 bits per heavy atom. The Balaban J connectivity index is 1.72. The van der Waals surface area contributed by atoms with Crippen molar-refractivity contribution in [2.24, 2.45) is 0 Å². The number of hydrogen-bond acceptors (Lipinski definition) is 6. The minimum atomic E-state index is -0.454. The third kappa shape index (κ3) is 2.20. The lowest BCUT2D eigenvalue weighted by molar-refractivity contribution is 0.0712. The number of aromatic nitrogens is 5. The molecule has 3 aromatic heterocycles. The van der Waals surface area contributed by atoms with E-state index in [1.807, 2.05) is 13.0 Å². The van der Waals surface area contributed by atoms with Crippen molar-refractivity contribution in [3.63, 3.8) is 0 Å². The molecule has 1 atom stereocenters. The minimum absolute atomic E-state index is 0.0132. The quantitative estimate of drug-likeness (QED) is 0.751. The van der Waals surface area contributed by atoms with Gasteiger partial charge < -0.3 is 9.42 Å². The Labute approximate surface area is 136 Å². The van der Waals surface area contributed by atoms with Gasteiger partial charge in [0.15, 0.2) is 5.76 Å². The molecule has 0 unspecified atom stereocenters. The van der Waals surface area contributed by atoms with Crippen LogP contribution in [0.4, 0.5) is 0 Å². The van der Waals surface area contributed by atoms with E-state index in [0.717, 1.165) is 18.5 Å². The number of likely N-dealkylation sites (tertiary alicyclic amines) is 1. The molecule has 9 heteroatoms. The summed E-state index contributed by atoms with van der Waals surface area (Å²) in [7, 11) is 0. The van der Waals surface area contributed by atoms with E-state index >= 15 is 0 Å². The number of nitrogens with zero attached hydrogens (tertiary/aromatic N) is 5. The molecule has 0 spiro atoms. The van der Waals surface area contributed by atoms with Gasteiger partial charge in [-0.05, 0) is 26.7 Å². The van der Waals surface area contributed by atoms with Gasteiger partial charge in [0, 0.05) is 18.8 Å². The molecular formula is C15H16N6O3. The van der Waals surface area contributed by atoms with Crippen molar-refractivity contribution in [2.75, 3.05) is 6.54 Å². The van der Waals surface area contributed by atoms with Crippen molar-refractivity contribution in [2.45, 2.75) is 32.7 Å². The zero-order valence-electron chi connectivity index (χ0n) is 13.3. The number of rotatable bonds is 2. The van der Waals surface area contributed by atoms with Crippen molar-refractivity contribution < 1.29 is 9.32 Å². The summed E-state index contributed by atoms with van der Waals surface area (Å²) in [6.45, 7) is 4.12. The van der Waals surface area contributed by atoms with Crippen molar-refractivity contribution in [1.29, 1.82) is 0 Å². The standard InChI is InChI=1S/C15H16N6O3/c1-8-6-12(24-19-8)11-4-3-5-20(11)13(22)10-7-16-15-17-9(2)18-21(15)14(10)23/h6-7,11H,3-5H2,1-2H3,(H,16,17,18)/t11-/m1/s1. The number of aryl methyl sites for hydroxylation is 2. The van der Waals surface area contributed by atoms with Gasteiger partial charge in [-0.15, -0.1) is 0 Å². The molecule has 0 radical (unpaired) electrons. The minimum Gasteiger partial charge on any atom is -0.359 e. The van der Waals surface area contributed by atoms with Crippen LogP contribution in [0.5, 0.6) is 0 Å². The number of carbonyl (C=O) groups is 1. The van der Waals surface area contributed by atoms with E-state index in [2.05, 4.69) is 20.2 Å². The Bertz CT molecular complexity index is 985. The number of fused-ring (bicyclic) bond motifs is 1. The lowest BCUT2D eigenvalue weighted by Gasteiger charge is -2.22. The molecule has 0 aliphatic carbocycles. The zero-order chi connectivity index (χ0) is 16.8. The summed E-state index contributed by atoms with van der Waals surface area (Å²) in [4.78, 5) is 35.3. The molecule has 24 heavy (non-hydrogen) atoms. The monoisotopic (exact) mass is 328 g/mol. The Morgan fingerprint density at radius 2 is 2.25 bits per heavy atom. The van der Waals surface area contributed by atoms with Crippen LogP contribution in [0, 0.1) is 13.8 Å². The Morgan fingerprint density at radius 1 is 1.42 bits per heavy atom. The average Bonchev–Trinajstić information content (AvgIpc) is 3.25. The van der Waals surface area contributed by atoms with Crippen LogP contribution in [0.3, 0.4) is 0 Å². The molecule has 1 amide bonds. The van der Waals surface area contributed by atoms with Gasteiger partial charge in [0.1, 0.15) is 11.4 Å². The van der Waals surface area contributed by atoms with E-state index in [1.165, 1.54) is 10.7 Å². The second kappa shape index (κ2) is 5.29. The Kier molecular flexibility index (Phi) is 3.22. The van der Waals surface area contributed by atoms with Crippen LogP contribution in [-0.4, -0.2) is 42.1 Å². The number of hydrogen-bond donors (Lipinski definition) is 1. The number of carbonyl (C=O) groups excluding carboxylic acids is 1. The summed E-state index contributed by atoms with van der Waals surface area (Å²) in [5.41, 5.74) is 0.324. The first-order valence-electron chi connectivity index (χ1n) is 7.73. The number of nitrogens with one attached hydrogen (secondary N) is 1. The summed E-state index contributed by atoms with van der Waals surface area (Å²) in [6.07, 6.45) is 2.91. The van der Waals surface area contributed by atoms with E-state index in [9.17, 15) is 9.59 Å². The number of amides is 1. The maximum Gasteiger partial charge on any atom is 0.286 e. The predicted octanol–water partition coefficient (Wildman–Crippen LogP) is 1.000. The van der Waals surface area contributed by atoms with E-state index in [-0.39, 0.29) is 23.3 Å². The predicted molar refractivity (Wildman–Crippen MR) is 82.6 cm³/mol. The maximum atomic E-state index is 12.9. The molecule has 1 aliphatic rings. The molecule has 3 aromatic rings. The fourth-order valence-electron chi connectivity index (χ4n) is 3.11. The van der Waals surface area contributed by atoms with Gasteiger partial charge in [-0.1, -0.05) is 5.16 Å². The molecule has 0 bridgehead atoms. The second-order valence-electron chi connectivity index (χ2n) is 5.95. The summed E-state index contributed by atoms with van der Waals surface area (Å²) in [6, 6.07) is 1.62. The highest BCUT2D eigenvalue weighted by molar-refractivity contribution is 5.94. The van der Waals surface area contributed by atoms with E-state index in [0.29, 0.717) is 18.1 Å². The molecule has 1 aliphatic heterocycles. The van der Waals surface area contributed by atoms with Gasteiger partial charge in [-0.25, -0.2) is 4.98 Å². The van der Waals surface area contributed by atoms with E-state index < -0.39 is 5.56 Å². The SMILES string of the molecule is Cc1cc([C@H]2CCCN2C(=O)c2cnc3nc(C)[nH]n3c2=O)on1. The highest BCUT2D eigenvalue weighted by Crippen LogP contribution is 2.33. The van der Waals surface area contributed by atoms with E-state index in [4.69, 9.17) is 4.52 Å². The molecule has 4 heterocycles. The molecule has 0 aromatic carbocycles. The normalized spacial score (nSPS) is 17.8. The third-order valence-electron chi connectivity index (χ3n) is 4.20. The van der Waals surface area contributed by atoms with Gasteiger partial charge in [0.05, 0.1) is 11.7 Å². The van der Waals surface area contributed by atoms with E-state index in [1.54, 1.807) is 11.8 Å². The molecule has 4 rings (SSSR count). The number of aromatic amines is 1. The maximum absolute atomic E-state index is 12.9. The molecule has 124 valence electrons. The van der Waals surface area contributed by atoms with Crippen molar-refractivity contribution in [3.05, 3.63) is 45.5 Å². The molecule has 0 saturated carbocycles. The summed E-state index contributed by atoms with van der Waals surface area (Å²) >= 11 is 0. The van der Waals surface area contributed by atoms with Crippen LogP contribution >= 0.6 is 0 Å². The van der Waals surface area contributed by atoms with Crippen LogP contribution in [0.2, 0.25) is 0 Å². The number of H-pyrrole nitrogens is 1. The van der Waals surface area contributed by atoms with Gasteiger partial charge in [-0.3, -0.25) is 14.7 Å². The second-order valence-corrected chi connectivity index (χ2v) is 5.95. The molecule has 1 fully saturated rings. The van der Waals surface area contributed by atoms with Gasteiger partial charge in [0.2, 0.25) is 0 Å². The average molecular weight is 328 g/mol. The first-order valence-corrected chi connectivity index (χ1v) is 7.73. The fourth-order valence-corrected chi connectivity index (χ4v) is 3.11. The lowest BCUT2D eigenvalue weighted by atomic mass is 10.1. The molecule has 9 nitrogen and oxygen atoms in total. The van der Waals surface area contributed by atoms with Crippen LogP contribution in [0.25, 0.3) is 5.78 Å². The van der Waals surface area contributed by atoms with Crippen molar-refractivity contribution >= 4 is 11.7 Å². The molecule has 1 N–H and O–H groups in total. The summed E-state index contributed by atoms with van der Waals surface area (Å²) in [5.74, 6) is 1.09. The van der Waals surface area contributed by atoms with Crippen LogP contribution in [0.1, 0.15) is 46.5 Å². The summed E-state index contributed by atoms with van der Waals surface area (Å²) < 4.78 is 6.50. The lowest BCUT2D eigenvalue weighted by Crippen LogP contribution is -2.35. The molecular weight excluding hydrogens is 312 g/mol. The van der Waals surface area contributed by atoms with Gasteiger partial charge >= 0.3 is 0 Å². The van der Waals surface area contributed by atoms with Crippen LogP contribution in [0.15, 0.2) is 21.6 Å². The fraction of sp³-hybridized carbons (Fsp3) is 0.400. The van der Waals surface area contributed by atoms with Crippen molar-refractivity contribution in [3.8, 4) is 0 Å². The third-order valence-corrected chi connectivity index (χ3v) is 4.20. The largest absolute Gasteiger partial charge is 0.359 e. The van der Waals surface area contributed by atoms with Crippen molar-refractivity contribution in [1.82, 2.24) is 29.6 Å².